The summed E-state index contributed by atoms with van der Waals surface area (Å²) in [6.07, 6.45) is 3.53. The van der Waals surface area contributed by atoms with Crippen molar-refractivity contribution in [3.05, 3.63) is 12.2 Å². The molecule has 0 aromatic carbocycles. The van der Waals surface area contributed by atoms with Gasteiger partial charge < -0.3 is 4.74 Å². The largest absolute Gasteiger partial charge is 0.466 e. The third-order valence-corrected chi connectivity index (χ3v) is 4.04. The summed E-state index contributed by atoms with van der Waals surface area (Å²) < 4.78 is 4.55. The van der Waals surface area contributed by atoms with Crippen LogP contribution in [0.25, 0.3) is 0 Å². The molecule has 3 atom stereocenters. The van der Waals surface area contributed by atoms with Gasteiger partial charge in [0.1, 0.15) is 0 Å². The lowest BCUT2D eigenvalue weighted by Gasteiger charge is -2.13. The summed E-state index contributed by atoms with van der Waals surface area (Å²) in [4.78, 5) is 10.9. The average molecular weight is 200 g/mol. The van der Waals surface area contributed by atoms with Crippen molar-refractivity contribution in [2.24, 2.45) is 11.8 Å². The number of carbonyl (C=O) groups excluding carboxylic acids is 1. The van der Waals surface area contributed by atoms with Crippen LogP contribution in [0.1, 0.15) is 13.8 Å². The zero-order valence-electron chi connectivity index (χ0n) is 8.32. The molecule has 0 amide bonds. The molecule has 2 nitrogen and oxygen atoms in total. The summed E-state index contributed by atoms with van der Waals surface area (Å²) in [7, 11) is 1.41. The number of rotatable bonds is 2. The highest BCUT2D eigenvalue weighted by atomic mass is 32.2. The minimum Gasteiger partial charge on any atom is -0.466 e. The van der Waals surface area contributed by atoms with E-state index in [4.69, 9.17) is 0 Å². The number of esters is 1. The molecule has 0 bridgehead atoms. The molecule has 1 heterocycles. The van der Waals surface area contributed by atoms with Crippen LogP contribution in [0.3, 0.4) is 0 Å². The SMILES string of the molecule is COC(=O)/C=C/C1C(C)CSC1C. The van der Waals surface area contributed by atoms with Crippen LogP contribution in [0.5, 0.6) is 0 Å². The fourth-order valence-electron chi connectivity index (χ4n) is 1.59. The van der Waals surface area contributed by atoms with E-state index in [1.165, 1.54) is 12.9 Å². The van der Waals surface area contributed by atoms with Crippen molar-refractivity contribution in [3.8, 4) is 0 Å². The van der Waals surface area contributed by atoms with Crippen molar-refractivity contribution in [2.45, 2.75) is 19.1 Å². The summed E-state index contributed by atoms with van der Waals surface area (Å²) >= 11 is 1.97. The number of hydrogen-bond donors (Lipinski definition) is 0. The Balaban J connectivity index is 2.51. The molecule has 1 aliphatic rings. The molecule has 0 saturated carbocycles. The van der Waals surface area contributed by atoms with Gasteiger partial charge in [-0.2, -0.15) is 11.8 Å². The lowest BCUT2D eigenvalue weighted by atomic mass is 9.93. The number of methoxy groups -OCH3 is 1. The van der Waals surface area contributed by atoms with Gasteiger partial charge >= 0.3 is 5.97 Å². The van der Waals surface area contributed by atoms with Crippen molar-refractivity contribution in [2.75, 3.05) is 12.9 Å². The molecule has 0 radical (unpaired) electrons. The number of allylic oxidation sites excluding steroid dienone is 1. The quantitative estimate of drug-likeness (QED) is 0.504. The van der Waals surface area contributed by atoms with Gasteiger partial charge in [0.15, 0.2) is 0 Å². The van der Waals surface area contributed by atoms with Crippen molar-refractivity contribution in [1.29, 1.82) is 0 Å². The van der Waals surface area contributed by atoms with Gasteiger partial charge in [-0.1, -0.05) is 19.9 Å². The highest BCUT2D eigenvalue weighted by Gasteiger charge is 2.28. The van der Waals surface area contributed by atoms with Gasteiger partial charge in [0.05, 0.1) is 7.11 Å². The maximum atomic E-state index is 10.9. The Morgan fingerprint density at radius 2 is 2.23 bits per heavy atom. The Bertz CT molecular complexity index is 203. The van der Waals surface area contributed by atoms with Crippen LogP contribution in [0, 0.1) is 11.8 Å². The molecule has 1 saturated heterocycles. The average Bonchev–Trinajstić information content (AvgIpc) is 2.43. The van der Waals surface area contributed by atoms with E-state index in [0.717, 1.165) is 0 Å². The third kappa shape index (κ3) is 2.76. The Morgan fingerprint density at radius 3 is 2.69 bits per heavy atom. The number of ether oxygens (including phenoxy) is 1. The first-order chi connectivity index (χ1) is 6.15. The van der Waals surface area contributed by atoms with Crippen LogP contribution in [0.4, 0.5) is 0 Å². The summed E-state index contributed by atoms with van der Waals surface area (Å²) in [6.45, 7) is 4.43. The highest BCUT2D eigenvalue weighted by Crippen LogP contribution is 2.37. The Morgan fingerprint density at radius 1 is 1.54 bits per heavy atom. The molecular formula is C10H16O2S. The zero-order valence-corrected chi connectivity index (χ0v) is 9.14. The van der Waals surface area contributed by atoms with Gasteiger partial charge in [-0.05, 0) is 17.6 Å². The van der Waals surface area contributed by atoms with Crippen LogP contribution in [0.2, 0.25) is 0 Å². The molecular weight excluding hydrogens is 184 g/mol. The van der Waals surface area contributed by atoms with Crippen LogP contribution < -0.4 is 0 Å². The number of carbonyl (C=O) groups is 1. The van der Waals surface area contributed by atoms with Crippen LogP contribution in [0.15, 0.2) is 12.2 Å². The second-order valence-corrected chi connectivity index (χ2v) is 4.89. The molecule has 0 aromatic heterocycles. The van der Waals surface area contributed by atoms with E-state index in [1.807, 2.05) is 17.8 Å². The molecule has 3 unspecified atom stereocenters. The van der Waals surface area contributed by atoms with E-state index >= 15 is 0 Å². The minimum absolute atomic E-state index is 0.253. The van der Waals surface area contributed by atoms with Gasteiger partial charge in [0.25, 0.3) is 0 Å². The van der Waals surface area contributed by atoms with Crippen molar-refractivity contribution < 1.29 is 9.53 Å². The Kier molecular flexibility index (Phi) is 3.85. The van der Waals surface area contributed by atoms with E-state index in [9.17, 15) is 4.79 Å². The molecule has 3 heteroatoms. The summed E-state index contributed by atoms with van der Waals surface area (Å²) in [5.41, 5.74) is 0. The Hall–Kier alpha value is -0.440. The van der Waals surface area contributed by atoms with E-state index in [2.05, 4.69) is 18.6 Å². The predicted molar refractivity (Wildman–Crippen MR) is 55.7 cm³/mol. The van der Waals surface area contributed by atoms with E-state index in [0.29, 0.717) is 17.1 Å². The monoisotopic (exact) mass is 200 g/mol. The number of hydrogen-bond acceptors (Lipinski definition) is 3. The number of thioether (sulfide) groups is 1. The van der Waals surface area contributed by atoms with Crippen molar-refractivity contribution >= 4 is 17.7 Å². The fourth-order valence-corrected chi connectivity index (χ4v) is 3.00. The predicted octanol–water partition coefficient (Wildman–Crippen LogP) is 2.10. The normalized spacial score (nSPS) is 33.9. The summed E-state index contributed by atoms with van der Waals surface area (Å²) in [5.74, 6) is 2.12. The molecule has 0 N–H and O–H groups in total. The lowest BCUT2D eigenvalue weighted by molar-refractivity contribution is -0.134. The molecule has 0 spiro atoms. The van der Waals surface area contributed by atoms with Crippen LogP contribution in [-0.2, 0) is 9.53 Å². The minimum atomic E-state index is -0.253. The second-order valence-electron chi connectivity index (χ2n) is 3.48. The van der Waals surface area contributed by atoms with Gasteiger partial charge in [0.2, 0.25) is 0 Å². The van der Waals surface area contributed by atoms with E-state index < -0.39 is 0 Å². The van der Waals surface area contributed by atoms with Crippen molar-refractivity contribution in [1.82, 2.24) is 0 Å². The Labute approximate surface area is 83.7 Å². The van der Waals surface area contributed by atoms with Gasteiger partial charge in [-0.3, -0.25) is 0 Å². The van der Waals surface area contributed by atoms with Gasteiger partial charge in [0, 0.05) is 11.3 Å². The lowest BCUT2D eigenvalue weighted by Crippen LogP contribution is -2.12. The molecule has 0 aromatic rings. The first-order valence-electron chi connectivity index (χ1n) is 4.53. The molecule has 1 fully saturated rings. The highest BCUT2D eigenvalue weighted by molar-refractivity contribution is 8.00. The second kappa shape index (κ2) is 4.70. The molecule has 74 valence electrons. The van der Waals surface area contributed by atoms with E-state index in [1.54, 1.807) is 6.08 Å². The maximum Gasteiger partial charge on any atom is 0.330 e. The summed E-state index contributed by atoms with van der Waals surface area (Å²) in [6, 6.07) is 0. The first-order valence-corrected chi connectivity index (χ1v) is 5.57. The van der Waals surface area contributed by atoms with Gasteiger partial charge in [-0.25, -0.2) is 4.79 Å². The molecule has 1 rings (SSSR count). The fraction of sp³-hybridized carbons (Fsp3) is 0.700. The summed E-state index contributed by atoms with van der Waals surface area (Å²) in [5, 5.41) is 0.621. The third-order valence-electron chi connectivity index (χ3n) is 2.48. The van der Waals surface area contributed by atoms with Crippen molar-refractivity contribution in [3.63, 3.8) is 0 Å². The van der Waals surface area contributed by atoms with Crippen LogP contribution in [-0.4, -0.2) is 24.1 Å². The molecule has 13 heavy (non-hydrogen) atoms. The molecule has 1 aliphatic heterocycles. The van der Waals surface area contributed by atoms with Gasteiger partial charge in [-0.15, -0.1) is 0 Å². The van der Waals surface area contributed by atoms with E-state index in [-0.39, 0.29) is 5.97 Å². The maximum absolute atomic E-state index is 10.9. The topological polar surface area (TPSA) is 26.3 Å². The standard InChI is InChI=1S/C10H16O2S/c1-7-6-13-8(2)9(7)4-5-10(11)12-3/h4-5,7-9H,6H2,1-3H3/b5-4+. The zero-order chi connectivity index (χ0) is 9.84. The molecule has 0 aliphatic carbocycles. The van der Waals surface area contributed by atoms with Crippen LogP contribution >= 0.6 is 11.8 Å². The smallest absolute Gasteiger partial charge is 0.330 e. The first kappa shape index (κ1) is 10.6.